The van der Waals surface area contributed by atoms with Crippen molar-refractivity contribution in [1.82, 2.24) is 0 Å². The van der Waals surface area contributed by atoms with Crippen LogP contribution in [0, 0.1) is 0 Å². The Morgan fingerprint density at radius 3 is 2.75 bits per heavy atom. The molecule has 4 nitrogen and oxygen atoms in total. The van der Waals surface area contributed by atoms with E-state index in [1.807, 2.05) is 19.1 Å². The Morgan fingerprint density at radius 1 is 1.50 bits per heavy atom. The summed E-state index contributed by atoms with van der Waals surface area (Å²) in [6.45, 7) is 1.59. The number of aliphatic hydroxyl groups is 2. The van der Waals surface area contributed by atoms with E-state index in [4.69, 9.17) is 15.6 Å². The monoisotopic (exact) mass is 289 g/mol. The molecule has 0 radical (unpaired) electrons. The first-order chi connectivity index (χ1) is 7.54. The smallest absolute Gasteiger partial charge is 0.125 e. The van der Waals surface area contributed by atoms with E-state index < -0.39 is 6.10 Å². The summed E-state index contributed by atoms with van der Waals surface area (Å²) in [5.74, 6) is 0.622. The Morgan fingerprint density at radius 2 is 2.19 bits per heavy atom. The molecule has 5 heteroatoms. The number of hydrogen-bond acceptors (Lipinski definition) is 4. The molecule has 0 spiro atoms. The highest BCUT2D eigenvalue weighted by atomic mass is 79.9. The van der Waals surface area contributed by atoms with Gasteiger partial charge >= 0.3 is 0 Å². The molecule has 0 amide bonds. The summed E-state index contributed by atoms with van der Waals surface area (Å²) in [6, 6.07) is 5.40. The summed E-state index contributed by atoms with van der Waals surface area (Å²) in [4.78, 5) is 0. The zero-order valence-electron chi connectivity index (χ0n) is 9.06. The lowest BCUT2D eigenvalue weighted by Gasteiger charge is -2.16. The lowest BCUT2D eigenvalue weighted by atomic mass is 10.1. The maximum Gasteiger partial charge on any atom is 0.125 e. The zero-order valence-corrected chi connectivity index (χ0v) is 10.6. The van der Waals surface area contributed by atoms with Gasteiger partial charge in [-0.3, -0.25) is 0 Å². The Bertz CT molecular complexity index is 344. The first-order valence-corrected chi connectivity index (χ1v) is 5.80. The van der Waals surface area contributed by atoms with E-state index in [9.17, 15) is 5.11 Å². The summed E-state index contributed by atoms with van der Waals surface area (Å²) in [7, 11) is 0. The number of benzene rings is 1. The van der Waals surface area contributed by atoms with Crippen molar-refractivity contribution < 1.29 is 14.9 Å². The minimum atomic E-state index is -0.875. The van der Waals surface area contributed by atoms with Crippen LogP contribution in [-0.4, -0.2) is 29.5 Å². The van der Waals surface area contributed by atoms with Crippen molar-refractivity contribution in [2.24, 2.45) is 5.73 Å². The molecule has 4 N–H and O–H groups in total. The highest BCUT2D eigenvalue weighted by molar-refractivity contribution is 9.10. The highest BCUT2D eigenvalue weighted by Crippen LogP contribution is 2.27. The van der Waals surface area contributed by atoms with Crippen LogP contribution in [-0.2, 0) is 0 Å². The second-order valence-corrected chi connectivity index (χ2v) is 4.53. The van der Waals surface area contributed by atoms with E-state index in [0.717, 1.165) is 10.0 Å². The van der Waals surface area contributed by atoms with Gasteiger partial charge in [0.15, 0.2) is 0 Å². The number of ether oxygens (including phenoxy) is 1. The van der Waals surface area contributed by atoms with Crippen molar-refractivity contribution in [3.05, 3.63) is 28.2 Å². The molecule has 1 aromatic rings. The Balaban J connectivity index is 2.80. The second kappa shape index (κ2) is 6.20. The molecule has 0 aliphatic carbocycles. The minimum absolute atomic E-state index is 0.0483. The molecule has 16 heavy (non-hydrogen) atoms. The first-order valence-electron chi connectivity index (χ1n) is 5.01. The lowest BCUT2D eigenvalue weighted by molar-refractivity contribution is 0.0532. The molecule has 0 heterocycles. The number of halogens is 1. The third-order valence-electron chi connectivity index (χ3n) is 2.11. The average molecular weight is 290 g/mol. The predicted octanol–water partition coefficient (Wildman–Crippen LogP) is 1.20. The van der Waals surface area contributed by atoms with Crippen LogP contribution < -0.4 is 10.5 Å². The van der Waals surface area contributed by atoms with Gasteiger partial charge in [0.25, 0.3) is 0 Å². The molecule has 0 aliphatic heterocycles. The van der Waals surface area contributed by atoms with Crippen LogP contribution in [0.1, 0.15) is 18.5 Å². The summed E-state index contributed by atoms with van der Waals surface area (Å²) in [6.07, 6.45) is -0.875. The minimum Gasteiger partial charge on any atom is -0.490 e. The van der Waals surface area contributed by atoms with Crippen LogP contribution >= 0.6 is 15.9 Å². The predicted molar refractivity (Wildman–Crippen MR) is 65.3 cm³/mol. The second-order valence-electron chi connectivity index (χ2n) is 3.62. The van der Waals surface area contributed by atoms with Gasteiger partial charge in [0.05, 0.1) is 6.61 Å². The molecule has 0 fully saturated rings. The van der Waals surface area contributed by atoms with E-state index in [-0.39, 0.29) is 19.3 Å². The van der Waals surface area contributed by atoms with Gasteiger partial charge in [-0.15, -0.1) is 0 Å². The van der Waals surface area contributed by atoms with Gasteiger partial charge in [0, 0.05) is 16.1 Å². The molecule has 1 rings (SSSR count). The lowest BCUT2D eigenvalue weighted by Crippen LogP contribution is -2.22. The van der Waals surface area contributed by atoms with Crippen molar-refractivity contribution in [2.75, 3.05) is 13.2 Å². The molecule has 2 atom stereocenters. The fraction of sp³-hybridized carbons (Fsp3) is 0.455. The molecule has 0 saturated heterocycles. The largest absolute Gasteiger partial charge is 0.490 e. The standard InChI is InChI=1S/C11H16BrNO3/c1-7(13)10-3-2-8(12)4-11(10)16-6-9(15)5-14/h2-4,7,9,14-15H,5-6,13H2,1H3. The topological polar surface area (TPSA) is 75.7 Å². The van der Waals surface area contributed by atoms with E-state index >= 15 is 0 Å². The fourth-order valence-electron chi connectivity index (χ4n) is 1.25. The van der Waals surface area contributed by atoms with Crippen LogP contribution in [0.2, 0.25) is 0 Å². The number of rotatable bonds is 5. The van der Waals surface area contributed by atoms with Crippen molar-refractivity contribution in [1.29, 1.82) is 0 Å². The third-order valence-corrected chi connectivity index (χ3v) is 2.60. The van der Waals surface area contributed by atoms with E-state index in [1.54, 1.807) is 6.07 Å². The van der Waals surface area contributed by atoms with Crippen LogP contribution in [0.5, 0.6) is 5.75 Å². The average Bonchev–Trinajstić information content (AvgIpc) is 2.25. The highest BCUT2D eigenvalue weighted by Gasteiger charge is 2.10. The number of hydrogen-bond donors (Lipinski definition) is 3. The van der Waals surface area contributed by atoms with E-state index in [2.05, 4.69) is 15.9 Å². The number of aliphatic hydroxyl groups excluding tert-OH is 2. The fourth-order valence-corrected chi connectivity index (χ4v) is 1.59. The van der Waals surface area contributed by atoms with Crippen LogP contribution in [0.15, 0.2) is 22.7 Å². The summed E-state index contributed by atoms with van der Waals surface area (Å²) in [5.41, 5.74) is 6.67. The van der Waals surface area contributed by atoms with Crippen LogP contribution in [0.3, 0.4) is 0 Å². The van der Waals surface area contributed by atoms with Gasteiger partial charge in [-0.1, -0.05) is 22.0 Å². The van der Waals surface area contributed by atoms with E-state index in [0.29, 0.717) is 5.75 Å². The molecule has 90 valence electrons. The van der Waals surface area contributed by atoms with Gasteiger partial charge in [-0.2, -0.15) is 0 Å². The van der Waals surface area contributed by atoms with Gasteiger partial charge in [-0.25, -0.2) is 0 Å². The van der Waals surface area contributed by atoms with Gasteiger partial charge < -0.3 is 20.7 Å². The Labute approximate surface area is 103 Å². The van der Waals surface area contributed by atoms with Crippen molar-refractivity contribution in [2.45, 2.75) is 19.1 Å². The molecule has 0 aromatic heterocycles. The van der Waals surface area contributed by atoms with Crippen molar-refractivity contribution >= 4 is 15.9 Å². The molecule has 0 saturated carbocycles. The van der Waals surface area contributed by atoms with Crippen LogP contribution in [0.25, 0.3) is 0 Å². The third kappa shape index (κ3) is 3.75. The SMILES string of the molecule is CC(N)c1ccc(Br)cc1OCC(O)CO. The van der Waals surface area contributed by atoms with Gasteiger partial charge in [-0.05, 0) is 19.1 Å². The maximum absolute atomic E-state index is 9.20. The van der Waals surface area contributed by atoms with Gasteiger partial charge in [0.1, 0.15) is 18.5 Å². The maximum atomic E-state index is 9.20. The van der Waals surface area contributed by atoms with Gasteiger partial charge in [0.2, 0.25) is 0 Å². The molecule has 0 bridgehead atoms. The molecular weight excluding hydrogens is 274 g/mol. The normalized spacial score (nSPS) is 14.6. The summed E-state index contributed by atoms with van der Waals surface area (Å²) in [5, 5.41) is 17.9. The Kier molecular flexibility index (Phi) is 5.21. The van der Waals surface area contributed by atoms with Crippen LogP contribution in [0.4, 0.5) is 0 Å². The summed E-state index contributed by atoms with van der Waals surface area (Å²) < 4.78 is 6.29. The molecule has 1 aromatic carbocycles. The summed E-state index contributed by atoms with van der Waals surface area (Å²) >= 11 is 3.34. The van der Waals surface area contributed by atoms with Crippen molar-refractivity contribution in [3.8, 4) is 5.75 Å². The first kappa shape index (κ1) is 13.4. The molecule has 0 aliphatic rings. The number of nitrogens with two attached hydrogens (primary N) is 1. The molecular formula is C11H16BrNO3. The van der Waals surface area contributed by atoms with E-state index in [1.165, 1.54) is 0 Å². The van der Waals surface area contributed by atoms with Crippen molar-refractivity contribution in [3.63, 3.8) is 0 Å². The Hall–Kier alpha value is -0.620. The molecule has 2 unspecified atom stereocenters. The quantitative estimate of drug-likeness (QED) is 0.761. The zero-order chi connectivity index (χ0) is 12.1.